The Morgan fingerprint density at radius 3 is 2.25 bits per heavy atom. The summed E-state index contributed by atoms with van der Waals surface area (Å²) in [6, 6.07) is 7.79. The summed E-state index contributed by atoms with van der Waals surface area (Å²) in [7, 11) is 0. The van der Waals surface area contributed by atoms with Crippen molar-refractivity contribution in [1.29, 1.82) is 0 Å². The van der Waals surface area contributed by atoms with Crippen molar-refractivity contribution in [3.63, 3.8) is 0 Å². The van der Waals surface area contributed by atoms with Crippen LogP contribution in [0.5, 0.6) is 0 Å². The molecule has 0 heterocycles. The van der Waals surface area contributed by atoms with Crippen molar-refractivity contribution < 1.29 is 4.79 Å². The number of hydrogen-bond acceptors (Lipinski definition) is 1. The number of carbonyl (C=O) groups excluding carboxylic acids is 1. The third-order valence-electron chi connectivity index (χ3n) is 2.03. The first-order valence-electron chi connectivity index (χ1n) is 5.48. The predicted octanol–water partition coefficient (Wildman–Crippen LogP) is 4.42. The van der Waals surface area contributed by atoms with E-state index in [1.807, 2.05) is 31.2 Å². The monoisotopic (exact) mass is 218 g/mol. The normalized spacial score (nSPS) is 10.2. The fourth-order valence-corrected chi connectivity index (χ4v) is 1.40. The smallest absolute Gasteiger partial charge is 0.163 e. The molecule has 1 rings (SSSR count). The van der Waals surface area contributed by atoms with E-state index in [2.05, 4.69) is 33.9 Å². The van der Waals surface area contributed by atoms with Crippen molar-refractivity contribution in [3.8, 4) is 0 Å². The Bertz CT molecular complexity index is 345. The molecule has 16 heavy (non-hydrogen) atoms. The van der Waals surface area contributed by atoms with E-state index >= 15 is 0 Å². The van der Waals surface area contributed by atoms with Gasteiger partial charge in [-0.05, 0) is 18.4 Å². The van der Waals surface area contributed by atoms with Crippen LogP contribution in [-0.4, -0.2) is 5.78 Å². The molecule has 0 saturated carbocycles. The van der Waals surface area contributed by atoms with Crippen molar-refractivity contribution in [3.05, 3.63) is 48.6 Å². The third kappa shape index (κ3) is 5.50. The Balaban J connectivity index is 0.00000106. The van der Waals surface area contributed by atoms with E-state index in [4.69, 9.17) is 0 Å². The zero-order valence-corrected chi connectivity index (χ0v) is 10.8. The second-order valence-corrected chi connectivity index (χ2v) is 5.03. The van der Waals surface area contributed by atoms with Gasteiger partial charge < -0.3 is 0 Å². The number of aryl methyl sites for hydroxylation is 1. The first-order valence-corrected chi connectivity index (χ1v) is 5.48. The van der Waals surface area contributed by atoms with Crippen molar-refractivity contribution in [2.45, 2.75) is 34.1 Å². The van der Waals surface area contributed by atoms with E-state index in [9.17, 15) is 4.79 Å². The van der Waals surface area contributed by atoms with Crippen LogP contribution in [0.2, 0.25) is 0 Å². The molecule has 0 fully saturated rings. The maximum absolute atomic E-state index is 11.8. The summed E-state index contributed by atoms with van der Waals surface area (Å²) in [5.41, 5.74) is 2.05. The lowest BCUT2D eigenvalue weighted by Gasteiger charge is -2.16. The number of Topliss-reactive ketones (excluding diaryl/α,β-unsaturated/α-hetero) is 1. The molecule has 0 N–H and O–H groups in total. The van der Waals surface area contributed by atoms with Gasteiger partial charge in [-0.25, -0.2) is 0 Å². The number of ketones is 1. The Morgan fingerprint density at radius 1 is 1.25 bits per heavy atom. The summed E-state index contributed by atoms with van der Waals surface area (Å²) in [4.78, 5) is 11.8. The molecular weight excluding hydrogens is 196 g/mol. The molecule has 1 nitrogen and oxygen atoms in total. The largest absolute Gasteiger partial charge is 0.294 e. The lowest BCUT2D eigenvalue weighted by molar-refractivity contribution is 0.0940. The number of hydrogen-bond donors (Lipinski definition) is 0. The van der Waals surface area contributed by atoms with Gasteiger partial charge in [0.1, 0.15) is 0 Å². The quantitative estimate of drug-likeness (QED) is 0.530. The number of benzene rings is 1. The Labute approximate surface area is 99.2 Å². The van der Waals surface area contributed by atoms with Crippen LogP contribution in [0.15, 0.2) is 37.4 Å². The Hall–Kier alpha value is -1.37. The maximum Gasteiger partial charge on any atom is 0.163 e. The van der Waals surface area contributed by atoms with Crippen molar-refractivity contribution in [2.75, 3.05) is 0 Å². The minimum atomic E-state index is 0.0703. The Kier molecular flexibility index (Phi) is 5.73. The third-order valence-corrected chi connectivity index (χ3v) is 2.03. The zero-order chi connectivity index (χ0) is 12.8. The van der Waals surface area contributed by atoms with E-state index < -0.39 is 0 Å². The van der Waals surface area contributed by atoms with E-state index in [1.165, 1.54) is 0 Å². The number of carbonyl (C=O) groups is 1. The van der Waals surface area contributed by atoms with Crippen LogP contribution < -0.4 is 0 Å². The fourth-order valence-electron chi connectivity index (χ4n) is 1.40. The highest BCUT2D eigenvalue weighted by Crippen LogP contribution is 2.21. The predicted molar refractivity (Wildman–Crippen MR) is 70.8 cm³/mol. The lowest BCUT2D eigenvalue weighted by Crippen LogP contribution is -2.13. The molecule has 0 aliphatic heterocycles. The summed E-state index contributed by atoms with van der Waals surface area (Å²) in [6.07, 6.45) is 0.608. The topological polar surface area (TPSA) is 17.1 Å². The van der Waals surface area contributed by atoms with Gasteiger partial charge in [-0.1, -0.05) is 44.5 Å². The van der Waals surface area contributed by atoms with Gasteiger partial charge >= 0.3 is 0 Å². The summed E-state index contributed by atoms with van der Waals surface area (Å²) in [6.45, 7) is 14.3. The minimum Gasteiger partial charge on any atom is -0.294 e. The molecule has 88 valence electrons. The molecular formula is C15H22O. The van der Waals surface area contributed by atoms with Gasteiger partial charge in [-0.3, -0.25) is 4.79 Å². The van der Waals surface area contributed by atoms with Crippen LogP contribution in [0.1, 0.15) is 43.1 Å². The van der Waals surface area contributed by atoms with Gasteiger partial charge in [-0.15, -0.1) is 13.2 Å². The van der Waals surface area contributed by atoms with Crippen LogP contribution in [0.4, 0.5) is 0 Å². The zero-order valence-electron chi connectivity index (χ0n) is 10.8. The van der Waals surface area contributed by atoms with E-state index in [0.717, 1.165) is 11.1 Å². The molecule has 0 aliphatic carbocycles. The highest BCUT2D eigenvalue weighted by atomic mass is 16.1. The van der Waals surface area contributed by atoms with Crippen LogP contribution >= 0.6 is 0 Å². The maximum atomic E-state index is 11.8. The summed E-state index contributed by atoms with van der Waals surface area (Å²) >= 11 is 0. The highest BCUT2D eigenvalue weighted by molar-refractivity contribution is 5.96. The second-order valence-electron chi connectivity index (χ2n) is 5.03. The van der Waals surface area contributed by atoms with Crippen molar-refractivity contribution in [2.24, 2.45) is 5.41 Å². The van der Waals surface area contributed by atoms with Gasteiger partial charge in [0.25, 0.3) is 0 Å². The van der Waals surface area contributed by atoms with Crippen LogP contribution in [0.3, 0.4) is 0 Å². The SMILES string of the molecule is C=C.Cc1cccc(C(=O)CC(C)(C)C)c1. The number of rotatable bonds is 2. The first kappa shape index (κ1) is 14.6. The van der Waals surface area contributed by atoms with Crippen LogP contribution in [0, 0.1) is 12.3 Å². The van der Waals surface area contributed by atoms with E-state index in [1.54, 1.807) is 0 Å². The summed E-state index contributed by atoms with van der Waals surface area (Å²) < 4.78 is 0. The van der Waals surface area contributed by atoms with Gasteiger partial charge in [0, 0.05) is 12.0 Å². The van der Waals surface area contributed by atoms with Gasteiger partial charge in [0.15, 0.2) is 5.78 Å². The van der Waals surface area contributed by atoms with Crippen LogP contribution in [-0.2, 0) is 0 Å². The molecule has 1 aromatic rings. The van der Waals surface area contributed by atoms with Gasteiger partial charge in [0.2, 0.25) is 0 Å². The molecule has 0 saturated heterocycles. The van der Waals surface area contributed by atoms with Gasteiger partial charge in [-0.2, -0.15) is 0 Å². The second kappa shape index (κ2) is 6.26. The summed E-state index contributed by atoms with van der Waals surface area (Å²) in [5.74, 6) is 0.237. The molecule has 0 spiro atoms. The molecule has 1 aromatic carbocycles. The molecule has 0 aliphatic rings. The first-order chi connectivity index (χ1) is 7.38. The lowest BCUT2D eigenvalue weighted by atomic mass is 9.87. The molecule has 0 radical (unpaired) electrons. The van der Waals surface area contributed by atoms with Crippen molar-refractivity contribution >= 4 is 5.78 Å². The van der Waals surface area contributed by atoms with Crippen LogP contribution in [0.25, 0.3) is 0 Å². The standard InChI is InChI=1S/C13H18O.C2H4/c1-10-6-5-7-11(8-10)12(14)9-13(2,3)4;1-2/h5-8H,9H2,1-4H3;1-2H2. The molecule has 0 amide bonds. The molecule has 1 heteroatoms. The minimum absolute atomic E-state index is 0.0703. The Morgan fingerprint density at radius 2 is 1.81 bits per heavy atom. The van der Waals surface area contributed by atoms with E-state index in [0.29, 0.717) is 6.42 Å². The molecule has 0 atom stereocenters. The molecule has 0 unspecified atom stereocenters. The average Bonchev–Trinajstić information content (AvgIpc) is 2.18. The molecule has 0 aromatic heterocycles. The highest BCUT2D eigenvalue weighted by Gasteiger charge is 2.16. The molecule has 0 bridgehead atoms. The van der Waals surface area contributed by atoms with Crippen molar-refractivity contribution in [1.82, 2.24) is 0 Å². The van der Waals surface area contributed by atoms with Gasteiger partial charge in [0.05, 0.1) is 0 Å². The van der Waals surface area contributed by atoms with E-state index in [-0.39, 0.29) is 11.2 Å². The fraction of sp³-hybridized carbons (Fsp3) is 0.400. The average molecular weight is 218 g/mol. The summed E-state index contributed by atoms with van der Waals surface area (Å²) in [5, 5.41) is 0.